The van der Waals surface area contributed by atoms with Crippen molar-refractivity contribution >= 4 is 64.8 Å². The number of piperidine rings is 1. The monoisotopic (exact) mass is 1070 g/mol. The SMILES string of the molecule is C=C[C@]1(C)C[C@@H](OC(=O)CSC2C[C@H]3CC[C@@H](C2)[N+]3(C)Cc2ccc(NC(=O)[C@H](CCCNC(N)=O)NC(=O)[C@@H](NC(=O)CCCCCN3C(=O)C=CC3=O)C(C)C)cc2)C2(C)[C@H](C)CCC3(CCC(=O)[C@H]32)[C@@H](C)[C@@H]1O. The number of nitrogens with zero attached hydrogens (tertiary/aromatic N) is 2. The molecule has 3 saturated carbocycles. The van der Waals surface area contributed by atoms with Gasteiger partial charge in [-0.2, -0.15) is 0 Å². The molecular formula is C58H86N7O10S+. The topological polar surface area (TPSA) is 243 Å². The van der Waals surface area contributed by atoms with Crippen LogP contribution < -0.4 is 27.0 Å². The van der Waals surface area contributed by atoms with E-state index in [0.717, 1.165) is 66.4 Å². The Kier molecular flexibility index (Phi) is 18.7. The Balaban J connectivity index is 0.915. The maximum atomic E-state index is 14.0. The number of esters is 1. The number of imide groups is 1. The summed E-state index contributed by atoms with van der Waals surface area (Å²) in [5, 5.41) is 23.4. The number of quaternary nitrogens is 1. The smallest absolute Gasteiger partial charge is 0.316 e. The summed E-state index contributed by atoms with van der Waals surface area (Å²) in [6.07, 6.45) is 13.1. The van der Waals surface area contributed by atoms with Crippen molar-refractivity contribution in [1.29, 1.82) is 0 Å². The largest absolute Gasteiger partial charge is 0.461 e. The van der Waals surface area contributed by atoms with Crippen LogP contribution in [0.15, 0.2) is 49.1 Å². The van der Waals surface area contributed by atoms with Crippen LogP contribution in [0.4, 0.5) is 10.5 Å². The van der Waals surface area contributed by atoms with Crippen molar-refractivity contribution < 1.29 is 52.7 Å². The predicted octanol–water partition coefficient (Wildman–Crippen LogP) is 6.46. The predicted molar refractivity (Wildman–Crippen MR) is 292 cm³/mol. The molecule has 7 N–H and O–H groups in total. The van der Waals surface area contributed by atoms with Crippen LogP contribution in [-0.2, 0) is 44.8 Å². The summed E-state index contributed by atoms with van der Waals surface area (Å²) in [5.41, 5.74) is 5.40. The molecule has 17 nitrogen and oxygen atoms in total. The van der Waals surface area contributed by atoms with E-state index in [4.69, 9.17) is 10.5 Å². The summed E-state index contributed by atoms with van der Waals surface area (Å²) in [7, 11) is 2.33. The van der Waals surface area contributed by atoms with Gasteiger partial charge in [-0.1, -0.05) is 66.2 Å². The number of anilines is 1. The fraction of sp³-hybridized carbons (Fsp3) is 0.690. The summed E-state index contributed by atoms with van der Waals surface area (Å²) >= 11 is 1.69. The number of rotatable bonds is 23. The van der Waals surface area contributed by atoms with Crippen molar-refractivity contribution in [3.63, 3.8) is 0 Å². The first-order chi connectivity index (χ1) is 35.9. The number of ketones is 1. The molecule has 0 radical (unpaired) electrons. The van der Waals surface area contributed by atoms with Crippen LogP contribution in [0.3, 0.4) is 0 Å². The molecule has 5 fully saturated rings. The van der Waals surface area contributed by atoms with Gasteiger partial charge in [-0.25, -0.2) is 4.79 Å². The average Bonchev–Trinajstić information content (AvgIpc) is 3.93. The number of Topliss-reactive ketones (excluding diaryl/α,β-unsaturated/α-hetero) is 1. The highest BCUT2D eigenvalue weighted by atomic mass is 32.2. The second-order valence-corrected chi connectivity index (χ2v) is 25.6. The first kappa shape index (κ1) is 58.6. The van der Waals surface area contributed by atoms with Crippen molar-refractivity contribution in [2.24, 2.45) is 45.7 Å². The minimum absolute atomic E-state index is 0.0840. The second-order valence-electron chi connectivity index (χ2n) is 24.3. The molecule has 2 saturated heterocycles. The Morgan fingerprint density at radius 1 is 0.934 bits per heavy atom. The van der Waals surface area contributed by atoms with Gasteiger partial charge in [0.15, 0.2) is 0 Å². The molecule has 0 spiro atoms. The van der Waals surface area contributed by atoms with Gasteiger partial charge in [0.2, 0.25) is 17.7 Å². The number of urea groups is 1. The van der Waals surface area contributed by atoms with Crippen LogP contribution in [0.2, 0.25) is 0 Å². The van der Waals surface area contributed by atoms with Crippen LogP contribution >= 0.6 is 11.8 Å². The van der Waals surface area contributed by atoms with Gasteiger partial charge < -0.3 is 41.3 Å². The van der Waals surface area contributed by atoms with Crippen LogP contribution in [0.5, 0.6) is 0 Å². The van der Waals surface area contributed by atoms with Gasteiger partial charge in [0.1, 0.15) is 30.5 Å². The van der Waals surface area contributed by atoms with Gasteiger partial charge >= 0.3 is 12.0 Å². The van der Waals surface area contributed by atoms with Gasteiger partial charge in [0.05, 0.1) is 31.0 Å². The van der Waals surface area contributed by atoms with Gasteiger partial charge in [0.25, 0.3) is 11.8 Å². The Labute approximate surface area is 454 Å². The first-order valence-corrected chi connectivity index (χ1v) is 29.1. The van der Waals surface area contributed by atoms with E-state index in [1.807, 2.05) is 37.3 Å². The second kappa shape index (κ2) is 24.3. The number of amides is 7. The number of unbranched alkanes of at least 4 members (excludes halogenated alkanes) is 2. The number of thioether (sulfide) groups is 1. The van der Waals surface area contributed by atoms with E-state index in [-0.39, 0.29) is 90.2 Å². The van der Waals surface area contributed by atoms with Crippen LogP contribution in [-0.4, -0.2) is 129 Å². The summed E-state index contributed by atoms with van der Waals surface area (Å²) in [5.74, 6) is -2.23. The summed E-state index contributed by atoms with van der Waals surface area (Å²) in [6.45, 7) is 17.6. The third-order valence-electron chi connectivity index (χ3n) is 19.4. The molecule has 4 bridgehead atoms. The third kappa shape index (κ3) is 12.4. The van der Waals surface area contributed by atoms with Gasteiger partial charge in [0, 0.05) is 97.0 Å². The van der Waals surface area contributed by atoms with E-state index in [1.165, 1.54) is 12.2 Å². The van der Waals surface area contributed by atoms with Crippen molar-refractivity contribution in [3.05, 3.63) is 54.6 Å². The number of aliphatic hydroxyl groups excluding tert-OH is 1. The molecule has 7 rings (SSSR count). The highest BCUT2D eigenvalue weighted by molar-refractivity contribution is 8.00. The van der Waals surface area contributed by atoms with Gasteiger partial charge in [-0.05, 0) is 86.7 Å². The fourth-order valence-corrected chi connectivity index (χ4v) is 15.7. The average molecular weight is 1070 g/mol. The van der Waals surface area contributed by atoms with E-state index < -0.39 is 53.0 Å². The molecule has 3 aliphatic heterocycles. The lowest BCUT2D eigenvalue weighted by Crippen LogP contribution is -2.63. The zero-order chi connectivity index (χ0) is 55.3. The van der Waals surface area contributed by atoms with Crippen molar-refractivity contribution in [2.45, 2.75) is 186 Å². The van der Waals surface area contributed by atoms with Crippen molar-refractivity contribution in [2.75, 3.05) is 31.2 Å². The van der Waals surface area contributed by atoms with E-state index in [2.05, 4.69) is 55.7 Å². The molecule has 1 aromatic carbocycles. The highest BCUT2D eigenvalue weighted by Gasteiger charge is 2.68. The number of ether oxygens (including phenoxy) is 1. The van der Waals surface area contributed by atoms with E-state index >= 15 is 0 Å². The molecule has 3 aliphatic carbocycles. The molecular weight excluding hydrogens is 987 g/mol. The van der Waals surface area contributed by atoms with E-state index in [9.17, 15) is 43.5 Å². The Bertz CT molecular complexity index is 2370. The molecule has 6 aliphatic rings. The quantitative estimate of drug-likeness (QED) is 0.0228. The number of hydrogen-bond donors (Lipinski definition) is 6. The Hall–Kier alpha value is -5.07. The molecule has 7 amide bonds. The van der Waals surface area contributed by atoms with Crippen LogP contribution in [0, 0.1) is 39.9 Å². The zero-order valence-corrected chi connectivity index (χ0v) is 46.9. The molecule has 3 heterocycles. The van der Waals surface area contributed by atoms with Gasteiger partial charge in [-0.15, -0.1) is 18.3 Å². The first-order valence-electron chi connectivity index (χ1n) is 28.0. The number of carbonyl (C=O) groups is 8. The minimum atomic E-state index is -0.990. The van der Waals surface area contributed by atoms with Gasteiger partial charge in [-0.3, -0.25) is 38.5 Å². The third-order valence-corrected chi connectivity index (χ3v) is 20.6. The lowest BCUT2D eigenvalue weighted by atomic mass is 9.44. The molecule has 76 heavy (non-hydrogen) atoms. The number of fused-ring (bicyclic) bond motifs is 2. The fourth-order valence-electron chi connectivity index (χ4n) is 14.5. The number of hydrogen-bond acceptors (Lipinski definition) is 11. The molecule has 14 atom stereocenters. The maximum Gasteiger partial charge on any atom is 0.316 e. The lowest BCUT2D eigenvalue weighted by Gasteiger charge is -2.61. The Morgan fingerprint density at radius 3 is 2.24 bits per heavy atom. The van der Waals surface area contributed by atoms with E-state index in [0.29, 0.717) is 61.5 Å². The number of benzene rings is 1. The maximum absolute atomic E-state index is 14.0. The standard InChI is InChI=1S/C58H85N7O10S/c1-9-56(6)32-45(57(7)36(4)24-26-58(37(5)52(56)71)27-25-44(66)51(57)58)75-49(70)34-76-42-30-40-20-21-41(31-42)65(40,8)33-38-16-18-39(19-17-38)61-53(72)43(14-13-28-60-55(59)74)62-54(73)50(35(2)3)63-46(67)15-11-10-12-29-64-47(68)22-23-48(64)69/h9,16-19,22-23,35-37,40-43,45,50-52,71H,1,10-15,20-21,24-34H2,2-8H3,(H5-,59,60,61,62,63,67,72,73,74)/p+1/t36-,37+,40-,41+,42?,43+,45-,50+,51+,52+,56-,57?,58?,65?/m1/s1. The lowest BCUT2D eigenvalue weighted by molar-refractivity contribution is -0.960. The number of nitrogens with two attached hydrogens (primary N) is 1. The summed E-state index contributed by atoms with van der Waals surface area (Å²) in [4.78, 5) is 105. The summed E-state index contributed by atoms with van der Waals surface area (Å²) < 4.78 is 7.48. The summed E-state index contributed by atoms with van der Waals surface area (Å²) in [6, 6.07) is 5.99. The number of primary amides is 1. The molecule has 418 valence electrons. The van der Waals surface area contributed by atoms with E-state index in [1.54, 1.807) is 25.6 Å². The molecule has 4 unspecified atom stereocenters. The molecule has 18 heteroatoms. The number of nitrogens with one attached hydrogen (secondary N) is 4. The number of carbonyl (C=O) groups excluding carboxylic acids is 8. The highest BCUT2D eigenvalue weighted by Crippen LogP contribution is 2.68. The molecule has 1 aromatic rings. The zero-order valence-electron chi connectivity index (χ0n) is 46.0. The normalized spacial score (nSPS) is 33.4. The number of aliphatic hydroxyl groups is 1. The minimum Gasteiger partial charge on any atom is -0.461 e. The molecule has 0 aromatic heterocycles. The Morgan fingerprint density at radius 2 is 1.61 bits per heavy atom. The van der Waals surface area contributed by atoms with Crippen molar-refractivity contribution in [3.8, 4) is 0 Å². The van der Waals surface area contributed by atoms with Crippen LogP contribution in [0.1, 0.15) is 143 Å². The van der Waals surface area contributed by atoms with Crippen molar-refractivity contribution in [1.82, 2.24) is 20.9 Å². The van der Waals surface area contributed by atoms with Crippen LogP contribution in [0.25, 0.3) is 0 Å².